The number of aryl methyl sites for hydroxylation is 3. The van der Waals surface area contributed by atoms with Crippen molar-refractivity contribution in [2.45, 2.75) is 47.1 Å². The molecule has 4 heteroatoms. The van der Waals surface area contributed by atoms with Crippen LogP contribution in [0.1, 0.15) is 37.2 Å². The Labute approximate surface area is 127 Å². The first-order chi connectivity index (χ1) is 9.96. The number of hydrogen-bond donors (Lipinski definition) is 2. The molecule has 1 aromatic heterocycles. The average Bonchev–Trinajstić information content (AvgIpc) is 2.36. The summed E-state index contributed by atoms with van der Waals surface area (Å²) in [5.74, 6) is 2.44. The molecule has 0 fully saturated rings. The molecule has 4 nitrogen and oxygen atoms in total. The van der Waals surface area contributed by atoms with Crippen molar-refractivity contribution in [2.75, 3.05) is 10.6 Å². The molecule has 0 aliphatic carbocycles. The molecule has 2 rings (SSSR count). The van der Waals surface area contributed by atoms with Crippen LogP contribution in [-0.4, -0.2) is 16.0 Å². The standard InChI is InChI=1S/C17H24N4/c1-6-13(4)18-16-10-17(20-14(5)19-16)21-15-8-11(2)7-12(3)9-15/h7-10,13H,6H2,1-5H3,(H2,18,19,20,21). The Kier molecular flexibility index (Phi) is 4.78. The second-order valence-corrected chi connectivity index (χ2v) is 5.64. The van der Waals surface area contributed by atoms with Crippen LogP contribution in [0.25, 0.3) is 0 Å². The Balaban J connectivity index is 2.23. The molecule has 2 aromatic rings. The van der Waals surface area contributed by atoms with Crippen molar-refractivity contribution in [3.05, 3.63) is 41.2 Å². The van der Waals surface area contributed by atoms with Gasteiger partial charge in [-0.3, -0.25) is 0 Å². The van der Waals surface area contributed by atoms with E-state index < -0.39 is 0 Å². The molecule has 0 bridgehead atoms. The lowest BCUT2D eigenvalue weighted by atomic mass is 10.1. The summed E-state index contributed by atoms with van der Waals surface area (Å²) in [6.45, 7) is 10.4. The fourth-order valence-corrected chi connectivity index (χ4v) is 2.25. The summed E-state index contributed by atoms with van der Waals surface area (Å²) in [4.78, 5) is 8.90. The minimum absolute atomic E-state index is 0.397. The molecule has 0 spiro atoms. The first kappa shape index (κ1) is 15.3. The number of nitrogens with one attached hydrogen (secondary N) is 2. The van der Waals surface area contributed by atoms with Gasteiger partial charge >= 0.3 is 0 Å². The first-order valence-corrected chi connectivity index (χ1v) is 7.44. The van der Waals surface area contributed by atoms with Gasteiger partial charge in [-0.2, -0.15) is 0 Å². The summed E-state index contributed by atoms with van der Waals surface area (Å²) in [6, 6.07) is 8.75. The molecule has 21 heavy (non-hydrogen) atoms. The van der Waals surface area contributed by atoms with Gasteiger partial charge in [-0.1, -0.05) is 13.0 Å². The van der Waals surface area contributed by atoms with Gasteiger partial charge in [0.15, 0.2) is 0 Å². The molecule has 0 saturated carbocycles. The Morgan fingerprint density at radius 3 is 2.19 bits per heavy atom. The van der Waals surface area contributed by atoms with E-state index in [4.69, 9.17) is 0 Å². The van der Waals surface area contributed by atoms with Gasteiger partial charge in [0, 0.05) is 17.8 Å². The fraction of sp³-hybridized carbons (Fsp3) is 0.412. The monoisotopic (exact) mass is 284 g/mol. The maximum atomic E-state index is 4.46. The highest BCUT2D eigenvalue weighted by Crippen LogP contribution is 2.20. The topological polar surface area (TPSA) is 49.8 Å². The molecule has 0 aliphatic rings. The lowest BCUT2D eigenvalue weighted by Gasteiger charge is -2.14. The van der Waals surface area contributed by atoms with E-state index in [9.17, 15) is 0 Å². The van der Waals surface area contributed by atoms with E-state index in [1.165, 1.54) is 11.1 Å². The predicted molar refractivity (Wildman–Crippen MR) is 89.3 cm³/mol. The molecule has 1 aromatic carbocycles. The Bertz CT molecular complexity index is 602. The van der Waals surface area contributed by atoms with E-state index in [0.717, 1.165) is 29.6 Å². The van der Waals surface area contributed by atoms with E-state index in [0.29, 0.717) is 6.04 Å². The molecule has 1 heterocycles. The molecular formula is C17H24N4. The highest BCUT2D eigenvalue weighted by molar-refractivity contribution is 5.60. The maximum absolute atomic E-state index is 4.46. The van der Waals surface area contributed by atoms with Crippen molar-refractivity contribution in [3.63, 3.8) is 0 Å². The summed E-state index contributed by atoms with van der Waals surface area (Å²) in [5, 5.41) is 6.76. The average molecular weight is 284 g/mol. The summed E-state index contributed by atoms with van der Waals surface area (Å²) >= 11 is 0. The van der Waals surface area contributed by atoms with Crippen LogP contribution in [0.4, 0.5) is 17.3 Å². The minimum Gasteiger partial charge on any atom is -0.367 e. The van der Waals surface area contributed by atoms with Gasteiger partial charge in [-0.05, 0) is 57.4 Å². The zero-order valence-corrected chi connectivity index (χ0v) is 13.5. The number of anilines is 3. The third-order valence-electron chi connectivity index (χ3n) is 3.34. The molecule has 2 N–H and O–H groups in total. The largest absolute Gasteiger partial charge is 0.367 e. The molecule has 0 amide bonds. The number of rotatable bonds is 5. The highest BCUT2D eigenvalue weighted by atomic mass is 15.1. The van der Waals surface area contributed by atoms with Crippen molar-refractivity contribution in [2.24, 2.45) is 0 Å². The molecule has 1 atom stereocenters. The third kappa shape index (κ3) is 4.45. The Morgan fingerprint density at radius 1 is 0.952 bits per heavy atom. The van der Waals surface area contributed by atoms with Crippen LogP contribution >= 0.6 is 0 Å². The minimum atomic E-state index is 0.397. The lowest BCUT2D eigenvalue weighted by Crippen LogP contribution is -2.15. The van der Waals surface area contributed by atoms with Crippen LogP contribution in [0, 0.1) is 20.8 Å². The number of nitrogens with zero attached hydrogens (tertiary/aromatic N) is 2. The summed E-state index contributed by atoms with van der Waals surface area (Å²) in [5.41, 5.74) is 3.53. The predicted octanol–water partition coefficient (Wildman–Crippen LogP) is 4.36. The number of benzene rings is 1. The maximum Gasteiger partial charge on any atom is 0.136 e. The van der Waals surface area contributed by atoms with E-state index in [2.05, 4.69) is 66.5 Å². The highest BCUT2D eigenvalue weighted by Gasteiger charge is 2.05. The summed E-state index contributed by atoms with van der Waals surface area (Å²) < 4.78 is 0. The second kappa shape index (κ2) is 6.57. The van der Waals surface area contributed by atoms with Crippen molar-refractivity contribution in [3.8, 4) is 0 Å². The van der Waals surface area contributed by atoms with Gasteiger partial charge in [-0.25, -0.2) is 9.97 Å². The van der Waals surface area contributed by atoms with Crippen molar-refractivity contribution >= 4 is 17.3 Å². The third-order valence-corrected chi connectivity index (χ3v) is 3.34. The van der Waals surface area contributed by atoms with E-state index >= 15 is 0 Å². The van der Waals surface area contributed by atoms with Gasteiger partial charge in [0.05, 0.1) is 0 Å². The zero-order chi connectivity index (χ0) is 15.4. The van der Waals surface area contributed by atoms with Gasteiger partial charge in [-0.15, -0.1) is 0 Å². The normalized spacial score (nSPS) is 12.0. The molecule has 1 unspecified atom stereocenters. The van der Waals surface area contributed by atoms with Gasteiger partial charge in [0.2, 0.25) is 0 Å². The number of hydrogen-bond acceptors (Lipinski definition) is 4. The van der Waals surface area contributed by atoms with Crippen LogP contribution in [0.5, 0.6) is 0 Å². The summed E-state index contributed by atoms with van der Waals surface area (Å²) in [6.07, 6.45) is 1.06. The van der Waals surface area contributed by atoms with Crippen LogP contribution in [-0.2, 0) is 0 Å². The van der Waals surface area contributed by atoms with Crippen LogP contribution < -0.4 is 10.6 Å². The van der Waals surface area contributed by atoms with Crippen molar-refractivity contribution < 1.29 is 0 Å². The molecule has 0 saturated heterocycles. The van der Waals surface area contributed by atoms with E-state index in [1.54, 1.807) is 0 Å². The van der Waals surface area contributed by atoms with Crippen LogP contribution in [0.3, 0.4) is 0 Å². The van der Waals surface area contributed by atoms with Crippen LogP contribution in [0.2, 0.25) is 0 Å². The van der Waals surface area contributed by atoms with Gasteiger partial charge < -0.3 is 10.6 Å². The SMILES string of the molecule is CCC(C)Nc1cc(Nc2cc(C)cc(C)c2)nc(C)n1. The smallest absolute Gasteiger partial charge is 0.136 e. The van der Waals surface area contributed by atoms with E-state index in [1.807, 2.05) is 13.0 Å². The molecule has 0 aliphatic heterocycles. The quantitative estimate of drug-likeness (QED) is 0.856. The fourth-order valence-electron chi connectivity index (χ4n) is 2.25. The Morgan fingerprint density at radius 2 is 1.57 bits per heavy atom. The van der Waals surface area contributed by atoms with Gasteiger partial charge in [0.1, 0.15) is 17.5 Å². The molecular weight excluding hydrogens is 260 g/mol. The van der Waals surface area contributed by atoms with E-state index in [-0.39, 0.29) is 0 Å². The van der Waals surface area contributed by atoms with Crippen LogP contribution in [0.15, 0.2) is 24.3 Å². The first-order valence-electron chi connectivity index (χ1n) is 7.44. The lowest BCUT2D eigenvalue weighted by molar-refractivity contribution is 0.757. The van der Waals surface area contributed by atoms with Gasteiger partial charge in [0.25, 0.3) is 0 Å². The summed E-state index contributed by atoms with van der Waals surface area (Å²) in [7, 11) is 0. The Hall–Kier alpha value is -2.10. The van der Waals surface area contributed by atoms with Crippen molar-refractivity contribution in [1.29, 1.82) is 0 Å². The molecule has 0 radical (unpaired) electrons. The second-order valence-electron chi connectivity index (χ2n) is 5.64. The zero-order valence-electron chi connectivity index (χ0n) is 13.5. The van der Waals surface area contributed by atoms with Crippen molar-refractivity contribution in [1.82, 2.24) is 9.97 Å². The number of aromatic nitrogens is 2. The molecule has 112 valence electrons.